The molecule has 0 aromatic heterocycles. The van der Waals surface area contributed by atoms with Crippen LogP contribution in [0, 0.1) is 0 Å². The number of carbonyl (C=O) groups is 2. The average Bonchev–Trinajstić information content (AvgIpc) is 2.80. The fourth-order valence-corrected chi connectivity index (χ4v) is 3.98. The van der Waals surface area contributed by atoms with Gasteiger partial charge in [-0.25, -0.2) is 0 Å². The monoisotopic (exact) mass is 418 g/mol. The Kier molecular flexibility index (Phi) is 7.69. The standard InChI is InChI=1S/C25H26N2O2S/c1-3-27(4-2)22-15-13-21(14-16-22)26-25(29)20-11-8-12-23(17-20)30-18-24(28)19-9-6-5-7-10-19/h5-17H,3-4,18H2,1-2H3,(H,26,29). The van der Waals surface area contributed by atoms with E-state index in [2.05, 4.69) is 24.1 Å². The van der Waals surface area contributed by atoms with E-state index in [-0.39, 0.29) is 11.7 Å². The molecule has 5 heteroatoms. The lowest BCUT2D eigenvalue weighted by Crippen LogP contribution is -2.21. The molecule has 3 aromatic rings. The van der Waals surface area contributed by atoms with Gasteiger partial charge in [-0.1, -0.05) is 36.4 Å². The summed E-state index contributed by atoms with van der Waals surface area (Å²) in [5, 5.41) is 2.94. The molecule has 0 spiro atoms. The molecule has 0 saturated heterocycles. The van der Waals surface area contributed by atoms with E-state index in [4.69, 9.17) is 0 Å². The van der Waals surface area contributed by atoms with Crippen molar-refractivity contribution < 1.29 is 9.59 Å². The molecule has 0 heterocycles. The number of amides is 1. The van der Waals surface area contributed by atoms with Crippen molar-refractivity contribution in [2.24, 2.45) is 0 Å². The van der Waals surface area contributed by atoms with Gasteiger partial charge in [-0.2, -0.15) is 0 Å². The number of thioether (sulfide) groups is 1. The van der Waals surface area contributed by atoms with E-state index in [0.717, 1.165) is 29.4 Å². The van der Waals surface area contributed by atoms with E-state index in [0.29, 0.717) is 16.9 Å². The molecular weight excluding hydrogens is 392 g/mol. The third kappa shape index (κ3) is 5.74. The fourth-order valence-electron chi connectivity index (χ4n) is 3.13. The van der Waals surface area contributed by atoms with Crippen LogP contribution in [-0.4, -0.2) is 30.5 Å². The maximum atomic E-state index is 12.7. The molecule has 1 N–H and O–H groups in total. The quantitative estimate of drug-likeness (QED) is 0.354. The Hall–Kier alpha value is -3.05. The van der Waals surface area contributed by atoms with Crippen LogP contribution in [0.5, 0.6) is 0 Å². The number of nitrogens with one attached hydrogen (secondary N) is 1. The largest absolute Gasteiger partial charge is 0.372 e. The second kappa shape index (κ2) is 10.6. The van der Waals surface area contributed by atoms with Crippen LogP contribution in [0.2, 0.25) is 0 Å². The molecule has 3 aromatic carbocycles. The minimum absolute atomic E-state index is 0.0729. The van der Waals surface area contributed by atoms with Gasteiger partial charge in [-0.15, -0.1) is 11.8 Å². The van der Waals surface area contributed by atoms with Gasteiger partial charge >= 0.3 is 0 Å². The van der Waals surface area contributed by atoms with Crippen molar-refractivity contribution in [2.45, 2.75) is 18.7 Å². The van der Waals surface area contributed by atoms with Gasteiger partial charge in [-0.3, -0.25) is 9.59 Å². The summed E-state index contributed by atoms with van der Waals surface area (Å²) in [6.07, 6.45) is 0. The van der Waals surface area contributed by atoms with Gasteiger partial charge in [0.1, 0.15) is 0 Å². The highest BCUT2D eigenvalue weighted by Gasteiger charge is 2.10. The lowest BCUT2D eigenvalue weighted by Gasteiger charge is -2.21. The van der Waals surface area contributed by atoms with E-state index in [1.54, 1.807) is 6.07 Å². The number of anilines is 2. The van der Waals surface area contributed by atoms with Gasteiger partial charge in [-0.05, 0) is 56.3 Å². The van der Waals surface area contributed by atoms with E-state index >= 15 is 0 Å². The predicted molar refractivity (Wildman–Crippen MR) is 126 cm³/mol. The molecule has 0 atom stereocenters. The Morgan fingerprint density at radius 1 is 0.833 bits per heavy atom. The van der Waals surface area contributed by atoms with E-state index in [9.17, 15) is 9.59 Å². The molecule has 0 aliphatic rings. The van der Waals surface area contributed by atoms with Crippen LogP contribution in [0.3, 0.4) is 0 Å². The van der Waals surface area contributed by atoms with Crippen molar-refractivity contribution in [2.75, 3.05) is 29.1 Å². The van der Waals surface area contributed by atoms with Gasteiger partial charge in [0, 0.05) is 40.5 Å². The maximum absolute atomic E-state index is 12.7. The Morgan fingerprint density at radius 3 is 2.17 bits per heavy atom. The molecular formula is C25H26N2O2S. The molecule has 0 aliphatic heterocycles. The van der Waals surface area contributed by atoms with Crippen LogP contribution in [0.15, 0.2) is 83.8 Å². The second-order valence-electron chi connectivity index (χ2n) is 6.78. The van der Waals surface area contributed by atoms with Crippen LogP contribution in [0.25, 0.3) is 0 Å². The molecule has 0 bridgehead atoms. The lowest BCUT2D eigenvalue weighted by atomic mass is 10.2. The first-order valence-corrected chi connectivity index (χ1v) is 11.1. The zero-order chi connectivity index (χ0) is 21.3. The molecule has 0 aliphatic carbocycles. The summed E-state index contributed by atoms with van der Waals surface area (Å²) < 4.78 is 0. The Balaban J connectivity index is 1.61. The molecule has 1 amide bonds. The number of hydrogen-bond donors (Lipinski definition) is 1. The Morgan fingerprint density at radius 2 is 1.50 bits per heavy atom. The zero-order valence-corrected chi connectivity index (χ0v) is 18.1. The number of hydrogen-bond acceptors (Lipinski definition) is 4. The van der Waals surface area contributed by atoms with Crippen molar-refractivity contribution in [3.8, 4) is 0 Å². The van der Waals surface area contributed by atoms with E-state index < -0.39 is 0 Å². The van der Waals surface area contributed by atoms with Crippen LogP contribution in [-0.2, 0) is 0 Å². The van der Waals surface area contributed by atoms with Crippen molar-refractivity contribution in [1.82, 2.24) is 0 Å². The summed E-state index contributed by atoms with van der Waals surface area (Å²) in [7, 11) is 0. The zero-order valence-electron chi connectivity index (χ0n) is 17.3. The van der Waals surface area contributed by atoms with Crippen molar-refractivity contribution >= 4 is 34.8 Å². The maximum Gasteiger partial charge on any atom is 0.255 e. The van der Waals surface area contributed by atoms with Crippen LogP contribution < -0.4 is 10.2 Å². The predicted octanol–water partition coefficient (Wildman–Crippen LogP) is 5.76. The fraction of sp³-hybridized carbons (Fsp3) is 0.200. The minimum Gasteiger partial charge on any atom is -0.372 e. The van der Waals surface area contributed by atoms with Gasteiger partial charge in [0.2, 0.25) is 0 Å². The number of Topliss-reactive ketones (excluding diaryl/α,β-unsaturated/α-hetero) is 1. The molecule has 0 radical (unpaired) electrons. The normalized spacial score (nSPS) is 10.5. The highest BCUT2D eigenvalue weighted by atomic mass is 32.2. The molecule has 3 rings (SSSR count). The molecule has 0 saturated carbocycles. The second-order valence-corrected chi connectivity index (χ2v) is 7.83. The van der Waals surface area contributed by atoms with E-state index in [1.807, 2.05) is 72.8 Å². The summed E-state index contributed by atoms with van der Waals surface area (Å²) in [6.45, 7) is 6.13. The number of ketones is 1. The number of benzene rings is 3. The molecule has 0 unspecified atom stereocenters. The smallest absolute Gasteiger partial charge is 0.255 e. The molecule has 154 valence electrons. The summed E-state index contributed by atoms with van der Waals surface area (Å²) in [5.74, 6) is 0.244. The number of rotatable bonds is 9. The van der Waals surface area contributed by atoms with Crippen molar-refractivity contribution in [3.05, 3.63) is 90.0 Å². The third-order valence-electron chi connectivity index (χ3n) is 4.82. The van der Waals surface area contributed by atoms with Gasteiger partial charge in [0.15, 0.2) is 5.78 Å². The van der Waals surface area contributed by atoms with Crippen molar-refractivity contribution in [1.29, 1.82) is 0 Å². The lowest BCUT2D eigenvalue weighted by molar-refractivity contribution is 0.101. The van der Waals surface area contributed by atoms with Crippen LogP contribution in [0.4, 0.5) is 11.4 Å². The molecule has 0 fully saturated rings. The molecule has 30 heavy (non-hydrogen) atoms. The third-order valence-corrected chi connectivity index (χ3v) is 5.81. The molecule has 4 nitrogen and oxygen atoms in total. The summed E-state index contributed by atoms with van der Waals surface area (Å²) in [6, 6.07) is 24.5. The summed E-state index contributed by atoms with van der Waals surface area (Å²) in [5.41, 5.74) is 3.17. The van der Waals surface area contributed by atoms with Gasteiger partial charge in [0.05, 0.1) is 5.75 Å². The summed E-state index contributed by atoms with van der Waals surface area (Å²) >= 11 is 1.44. The van der Waals surface area contributed by atoms with Gasteiger partial charge < -0.3 is 10.2 Å². The Labute approximate surface area is 182 Å². The minimum atomic E-state index is -0.164. The highest BCUT2D eigenvalue weighted by Crippen LogP contribution is 2.22. The Bertz CT molecular complexity index is 984. The summed E-state index contributed by atoms with van der Waals surface area (Å²) in [4.78, 5) is 28.1. The number of nitrogens with zero attached hydrogens (tertiary/aromatic N) is 1. The van der Waals surface area contributed by atoms with Crippen LogP contribution in [0.1, 0.15) is 34.6 Å². The first-order valence-electron chi connectivity index (χ1n) is 10.1. The highest BCUT2D eigenvalue weighted by molar-refractivity contribution is 8.00. The topological polar surface area (TPSA) is 49.4 Å². The van der Waals surface area contributed by atoms with Crippen molar-refractivity contribution in [3.63, 3.8) is 0 Å². The van der Waals surface area contributed by atoms with E-state index in [1.165, 1.54) is 11.8 Å². The number of carbonyl (C=O) groups excluding carboxylic acids is 2. The van der Waals surface area contributed by atoms with Crippen LogP contribution >= 0.6 is 11.8 Å². The first-order chi connectivity index (χ1) is 14.6. The first kappa shape index (κ1) is 21.7. The average molecular weight is 419 g/mol. The van der Waals surface area contributed by atoms with Gasteiger partial charge in [0.25, 0.3) is 5.91 Å². The SMILES string of the molecule is CCN(CC)c1ccc(NC(=O)c2cccc(SCC(=O)c3ccccc3)c2)cc1.